The molecule has 0 bridgehead atoms. The summed E-state index contributed by atoms with van der Waals surface area (Å²) >= 11 is 7.86. The summed E-state index contributed by atoms with van der Waals surface area (Å²) in [5, 5.41) is 0.736. The molecule has 0 amide bonds. The normalized spacial score (nSPS) is 11.0. The lowest BCUT2D eigenvalue weighted by molar-refractivity contribution is 1.05. The number of rotatable bonds is 4. The minimum Gasteiger partial charge on any atom is -0.363 e. The Morgan fingerprint density at radius 1 is 1.00 bits per heavy atom. The Morgan fingerprint density at radius 2 is 1.88 bits per heavy atom. The van der Waals surface area contributed by atoms with E-state index in [4.69, 9.17) is 11.6 Å². The van der Waals surface area contributed by atoms with Crippen molar-refractivity contribution in [1.29, 1.82) is 0 Å². The van der Waals surface area contributed by atoms with Crippen LogP contribution in [0.3, 0.4) is 0 Å². The van der Waals surface area contributed by atoms with E-state index in [1.165, 1.54) is 15.8 Å². The molecule has 0 aliphatic carbocycles. The van der Waals surface area contributed by atoms with E-state index in [1.54, 1.807) is 11.3 Å². The molecular formula is C21H18ClN3S. The van der Waals surface area contributed by atoms with Crippen molar-refractivity contribution in [3.63, 3.8) is 0 Å². The molecule has 2 aromatic heterocycles. The molecule has 0 aliphatic rings. The highest BCUT2D eigenvalue weighted by Gasteiger charge is 2.10. The third-order valence-electron chi connectivity index (χ3n) is 4.31. The summed E-state index contributed by atoms with van der Waals surface area (Å²) in [6.45, 7) is 0. The predicted octanol–water partition coefficient (Wildman–Crippen LogP) is 5.67. The number of halogens is 1. The van der Waals surface area contributed by atoms with Gasteiger partial charge in [-0.05, 0) is 53.4 Å². The van der Waals surface area contributed by atoms with Crippen LogP contribution in [0.25, 0.3) is 21.3 Å². The minimum atomic E-state index is 0.736. The highest BCUT2D eigenvalue weighted by atomic mass is 35.5. The fourth-order valence-corrected chi connectivity index (χ4v) is 3.98. The van der Waals surface area contributed by atoms with E-state index in [1.807, 2.05) is 48.9 Å². The standard InChI is InChI=1S/C21H18ClN3S/c1-25(2)20-7-6-14(12-23-20)8-15-9-18(16-4-3-5-17(22)11-16)21-19(10-15)26-13-24-21/h3-7,9-13H,8H2,1-2H3. The summed E-state index contributed by atoms with van der Waals surface area (Å²) in [7, 11) is 3.99. The van der Waals surface area contributed by atoms with Gasteiger partial charge in [0, 0.05) is 30.9 Å². The van der Waals surface area contributed by atoms with Crippen molar-refractivity contribution in [3.8, 4) is 11.1 Å². The molecule has 4 aromatic rings. The molecule has 3 nitrogen and oxygen atoms in total. The van der Waals surface area contributed by atoms with Gasteiger partial charge in [-0.3, -0.25) is 0 Å². The van der Waals surface area contributed by atoms with Crippen LogP contribution in [0.15, 0.2) is 60.2 Å². The van der Waals surface area contributed by atoms with E-state index in [2.05, 4.69) is 40.3 Å². The van der Waals surface area contributed by atoms with Crippen LogP contribution in [0, 0.1) is 0 Å². The predicted molar refractivity (Wildman–Crippen MR) is 111 cm³/mol. The number of nitrogens with zero attached hydrogens (tertiary/aromatic N) is 3. The SMILES string of the molecule is CN(C)c1ccc(Cc2cc(-c3cccc(Cl)c3)c3ncsc3c2)cn1. The van der Waals surface area contributed by atoms with E-state index in [-0.39, 0.29) is 0 Å². The van der Waals surface area contributed by atoms with Gasteiger partial charge in [0.2, 0.25) is 0 Å². The molecule has 130 valence electrons. The Hall–Kier alpha value is -2.43. The Labute approximate surface area is 161 Å². The maximum absolute atomic E-state index is 6.20. The maximum atomic E-state index is 6.20. The molecular weight excluding hydrogens is 362 g/mol. The number of aromatic nitrogens is 2. The topological polar surface area (TPSA) is 29.0 Å². The first kappa shape index (κ1) is 17.0. The molecule has 0 N–H and O–H groups in total. The van der Waals surface area contributed by atoms with Crippen molar-refractivity contribution in [3.05, 3.63) is 76.4 Å². The molecule has 0 fully saturated rings. The van der Waals surface area contributed by atoms with Crippen molar-refractivity contribution >= 4 is 39.0 Å². The van der Waals surface area contributed by atoms with E-state index >= 15 is 0 Å². The van der Waals surface area contributed by atoms with Crippen LogP contribution in [0.2, 0.25) is 5.02 Å². The minimum absolute atomic E-state index is 0.736. The maximum Gasteiger partial charge on any atom is 0.127 e. The fourth-order valence-electron chi connectivity index (χ4n) is 3.02. The van der Waals surface area contributed by atoms with Crippen molar-refractivity contribution < 1.29 is 0 Å². The Kier molecular flexibility index (Phi) is 4.62. The largest absolute Gasteiger partial charge is 0.363 e. The number of anilines is 1. The van der Waals surface area contributed by atoms with Gasteiger partial charge in [0.15, 0.2) is 0 Å². The zero-order valence-electron chi connectivity index (χ0n) is 14.6. The summed E-state index contributed by atoms with van der Waals surface area (Å²) in [6, 6.07) is 16.6. The van der Waals surface area contributed by atoms with Crippen LogP contribution in [0.4, 0.5) is 5.82 Å². The van der Waals surface area contributed by atoms with E-state index in [0.29, 0.717) is 0 Å². The molecule has 0 saturated carbocycles. The third-order valence-corrected chi connectivity index (χ3v) is 5.32. The van der Waals surface area contributed by atoms with Crippen molar-refractivity contribution in [2.24, 2.45) is 0 Å². The molecule has 2 aromatic carbocycles. The monoisotopic (exact) mass is 379 g/mol. The molecule has 5 heteroatoms. The quantitative estimate of drug-likeness (QED) is 0.457. The van der Waals surface area contributed by atoms with Crippen molar-refractivity contribution in [1.82, 2.24) is 9.97 Å². The summed E-state index contributed by atoms with van der Waals surface area (Å²) < 4.78 is 1.19. The number of hydrogen-bond donors (Lipinski definition) is 0. The van der Waals surface area contributed by atoms with Gasteiger partial charge in [-0.1, -0.05) is 29.8 Å². The lowest BCUT2D eigenvalue weighted by Crippen LogP contribution is -2.10. The lowest BCUT2D eigenvalue weighted by Gasteiger charge is -2.12. The Morgan fingerprint density at radius 3 is 2.62 bits per heavy atom. The molecule has 0 atom stereocenters. The molecule has 26 heavy (non-hydrogen) atoms. The number of pyridine rings is 1. The van der Waals surface area contributed by atoms with Gasteiger partial charge >= 0.3 is 0 Å². The van der Waals surface area contributed by atoms with Gasteiger partial charge < -0.3 is 4.90 Å². The Balaban J connectivity index is 1.74. The first-order valence-electron chi connectivity index (χ1n) is 8.34. The zero-order valence-corrected chi connectivity index (χ0v) is 16.2. The number of fused-ring (bicyclic) bond motifs is 1. The van der Waals surface area contributed by atoms with Crippen LogP contribution < -0.4 is 4.90 Å². The fraction of sp³-hybridized carbons (Fsp3) is 0.143. The van der Waals surface area contributed by atoms with E-state index in [9.17, 15) is 0 Å². The first-order valence-corrected chi connectivity index (χ1v) is 9.60. The lowest BCUT2D eigenvalue weighted by atomic mass is 9.98. The molecule has 0 unspecified atom stereocenters. The molecule has 4 rings (SSSR count). The molecule has 0 radical (unpaired) electrons. The average Bonchev–Trinajstić information content (AvgIpc) is 3.10. The Bertz CT molecular complexity index is 1050. The summed E-state index contributed by atoms with van der Waals surface area (Å²) in [5.41, 5.74) is 7.58. The first-order chi connectivity index (χ1) is 12.6. The molecule has 0 aliphatic heterocycles. The van der Waals surface area contributed by atoms with Crippen LogP contribution in [-0.4, -0.2) is 24.1 Å². The van der Waals surface area contributed by atoms with Crippen LogP contribution >= 0.6 is 22.9 Å². The smallest absolute Gasteiger partial charge is 0.127 e. The van der Waals surface area contributed by atoms with Gasteiger partial charge in [-0.2, -0.15) is 0 Å². The van der Waals surface area contributed by atoms with Crippen molar-refractivity contribution in [2.75, 3.05) is 19.0 Å². The number of benzene rings is 2. The second-order valence-electron chi connectivity index (χ2n) is 6.45. The second-order valence-corrected chi connectivity index (χ2v) is 7.77. The van der Waals surface area contributed by atoms with E-state index in [0.717, 1.165) is 33.9 Å². The van der Waals surface area contributed by atoms with Crippen LogP contribution in [-0.2, 0) is 6.42 Å². The van der Waals surface area contributed by atoms with Gasteiger partial charge in [-0.25, -0.2) is 9.97 Å². The van der Waals surface area contributed by atoms with Gasteiger partial charge in [0.05, 0.1) is 15.7 Å². The summed E-state index contributed by atoms with van der Waals surface area (Å²) in [4.78, 5) is 11.1. The van der Waals surface area contributed by atoms with Gasteiger partial charge in [0.1, 0.15) is 5.82 Å². The number of thiazole rings is 1. The number of hydrogen-bond acceptors (Lipinski definition) is 4. The summed E-state index contributed by atoms with van der Waals surface area (Å²) in [6.07, 6.45) is 2.79. The van der Waals surface area contributed by atoms with Crippen LogP contribution in [0.5, 0.6) is 0 Å². The second kappa shape index (κ2) is 7.06. The van der Waals surface area contributed by atoms with Crippen molar-refractivity contribution in [2.45, 2.75) is 6.42 Å². The van der Waals surface area contributed by atoms with Gasteiger partial charge in [0.25, 0.3) is 0 Å². The third kappa shape index (κ3) is 3.43. The highest BCUT2D eigenvalue weighted by molar-refractivity contribution is 7.16. The summed E-state index contributed by atoms with van der Waals surface area (Å²) in [5.74, 6) is 0.964. The van der Waals surface area contributed by atoms with E-state index < -0.39 is 0 Å². The average molecular weight is 380 g/mol. The molecule has 0 spiro atoms. The van der Waals surface area contributed by atoms with Crippen LogP contribution in [0.1, 0.15) is 11.1 Å². The zero-order chi connectivity index (χ0) is 18.1. The molecule has 0 saturated heterocycles. The molecule has 2 heterocycles. The van der Waals surface area contributed by atoms with Gasteiger partial charge in [-0.15, -0.1) is 11.3 Å². The highest BCUT2D eigenvalue weighted by Crippen LogP contribution is 2.33.